The van der Waals surface area contributed by atoms with Crippen molar-refractivity contribution in [2.75, 3.05) is 53.0 Å². The molecule has 18 heavy (non-hydrogen) atoms. The van der Waals surface area contributed by atoms with Gasteiger partial charge in [-0.2, -0.15) is 0 Å². The number of ether oxygens (including phenoxy) is 1. The van der Waals surface area contributed by atoms with Crippen LogP contribution in [0, 0.1) is 0 Å². The minimum absolute atomic E-state index is 0.0782. The standard InChI is InChI=1S/C11H19N3O4/c1-12-2-4-13(5-3-12)11(17)14-6-7-18-8-9(14)10(15)16/h9H,2-8H2,1H3,(H,15,16). The fraction of sp³-hybridized carbons (Fsp3) is 0.818. The van der Waals surface area contributed by atoms with E-state index in [9.17, 15) is 9.59 Å². The molecule has 0 aromatic heterocycles. The second-order valence-corrected chi connectivity index (χ2v) is 4.70. The van der Waals surface area contributed by atoms with Crippen molar-refractivity contribution in [1.82, 2.24) is 14.7 Å². The van der Waals surface area contributed by atoms with Gasteiger partial charge in [0.05, 0.1) is 13.2 Å². The monoisotopic (exact) mass is 257 g/mol. The van der Waals surface area contributed by atoms with Gasteiger partial charge in [0, 0.05) is 32.7 Å². The second kappa shape index (κ2) is 5.53. The van der Waals surface area contributed by atoms with Gasteiger partial charge in [0.15, 0.2) is 6.04 Å². The van der Waals surface area contributed by atoms with Crippen LogP contribution in [0.4, 0.5) is 4.79 Å². The molecular formula is C11H19N3O4. The van der Waals surface area contributed by atoms with Crippen LogP contribution in [0.5, 0.6) is 0 Å². The molecule has 2 amide bonds. The average molecular weight is 257 g/mol. The molecule has 2 aliphatic heterocycles. The number of likely N-dealkylation sites (N-methyl/N-ethyl adjacent to an activating group) is 1. The molecule has 0 saturated carbocycles. The molecule has 102 valence electrons. The summed E-state index contributed by atoms with van der Waals surface area (Å²) in [4.78, 5) is 28.7. The molecular weight excluding hydrogens is 238 g/mol. The van der Waals surface area contributed by atoms with E-state index in [1.807, 2.05) is 7.05 Å². The van der Waals surface area contributed by atoms with Gasteiger partial charge in [0.25, 0.3) is 0 Å². The molecule has 2 fully saturated rings. The van der Waals surface area contributed by atoms with Crippen LogP contribution in [-0.2, 0) is 9.53 Å². The van der Waals surface area contributed by atoms with Crippen LogP contribution in [0.1, 0.15) is 0 Å². The van der Waals surface area contributed by atoms with Gasteiger partial charge < -0.3 is 24.5 Å². The molecule has 7 nitrogen and oxygen atoms in total. The second-order valence-electron chi connectivity index (χ2n) is 4.70. The predicted octanol–water partition coefficient (Wildman–Crippen LogP) is -0.861. The van der Waals surface area contributed by atoms with Gasteiger partial charge in [0.1, 0.15) is 0 Å². The highest BCUT2D eigenvalue weighted by Crippen LogP contribution is 2.12. The summed E-state index contributed by atoms with van der Waals surface area (Å²) in [5.41, 5.74) is 0. The Hall–Kier alpha value is -1.34. The number of morpholine rings is 1. The molecule has 2 saturated heterocycles. The van der Waals surface area contributed by atoms with Gasteiger partial charge in [-0.25, -0.2) is 9.59 Å². The number of piperazine rings is 1. The Morgan fingerprint density at radius 2 is 1.83 bits per heavy atom. The van der Waals surface area contributed by atoms with Crippen LogP contribution < -0.4 is 0 Å². The lowest BCUT2D eigenvalue weighted by Gasteiger charge is -2.39. The number of rotatable bonds is 1. The molecule has 1 unspecified atom stereocenters. The summed E-state index contributed by atoms with van der Waals surface area (Å²) in [7, 11) is 2.01. The zero-order valence-electron chi connectivity index (χ0n) is 10.5. The number of hydrogen-bond acceptors (Lipinski definition) is 4. The van der Waals surface area contributed by atoms with E-state index < -0.39 is 12.0 Å². The van der Waals surface area contributed by atoms with Crippen LogP contribution in [0.15, 0.2) is 0 Å². The van der Waals surface area contributed by atoms with Crippen molar-refractivity contribution in [2.24, 2.45) is 0 Å². The fourth-order valence-electron chi connectivity index (χ4n) is 2.22. The molecule has 0 bridgehead atoms. The van der Waals surface area contributed by atoms with E-state index in [4.69, 9.17) is 9.84 Å². The molecule has 0 aliphatic carbocycles. The molecule has 0 aromatic rings. The lowest BCUT2D eigenvalue weighted by molar-refractivity contribution is -0.147. The van der Waals surface area contributed by atoms with Crippen molar-refractivity contribution >= 4 is 12.0 Å². The van der Waals surface area contributed by atoms with Crippen LogP contribution in [-0.4, -0.2) is 90.8 Å². The third-order valence-corrected chi connectivity index (χ3v) is 3.43. The minimum atomic E-state index is -1.00. The first-order valence-electron chi connectivity index (χ1n) is 6.14. The van der Waals surface area contributed by atoms with Crippen molar-refractivity contribution in [3.05, 3.63) is 0 Å². The third kappa shape index (κ3) is 2.73. The molecule has 2 heterocycles. The van der Waals surface area contributed by atoms with Gasteiger partial charge in [-0.3, -0.25) is 0 Å². The number of hydrogen-bond donors (Lipinski definition) is 1. The maximum Gasteiger partial charge on any atom is 0.328 e. The van der Waals surface area contributed by atoms with Crippen molar-refractivity contribution < 1.29 is 19.4 Å². The summed E-state index contributed by atoms with van der Waals surface area (Å²) < 4.78 is 5.13. The summed E-state index contributed by atoms with van der Waals surface area (Å²) >= 11 is 0. The van der Waals surface area contributed by atoms with E-state index in [0.717, 1.165) is 13.1 Å². The topological polar surface area (TPSA) is 73.3 Å². The van der Waals surface area contributed by atoms with Crippen molar-refractivity contribution in [1.29, 1.82) is 0 Å². The number of nitrogens with zero attached hydrogens (tertiary/aromatic N) is 3. The molecule has 0 radical (unpaired) electrons. The summed E-state index contributed by atoms with van der Waals surface area (Å²) in [6, 6.07) is -1.04. The summed E-state index contributed by atoms with van der Waals surface area (Å²) in [6.45, 7) is 3.79. The van der Waals surface area contributed by atoms with Gasteiger partial charge in [-0.1, -0.05) is 0 Å². The Kier molecular flexibility index (Phi) is 4.03. The van der Waals surface area contributed by atoms with Crippen molar-refractivity contribution in [3.8, 4) is 0 Å². The van der Waals surface area contributed by atoms with E-state index in [1.54, 1.807) is 4.90 Å². The smallest absolute Gasteiger partial charge is 0.328 e. The van der Waals surface area contributed by atoms with Crippen molar-refractivity contribution in [3.63, 3.8) is 0 Å². The van der Waals surface area contributed by atoms with Gasteiger partial charge in [-0.15, -0.1) is 0 Å². The minimum Gasteiger partial charge on any atom is -0.480 e. The highest BCUT2D eigenvalue weighted by atomic mass is 16.5. The molecule has 0 spiro atoms. The largest absolute Gasteiger partial charge is 0.480 e. The Balaban J connectivity index is 2.00. The quantitative estimate of drug-likeness (QED) is 0.661. The maximum atomic E-state index is 12.3. The highest BCUT2D eigenvalue weighted by molar-refractivity contribution is 5.83. The predicted molar refractivity (Wildman–Crippen MR) is 63.4 cm³/mol. The van der Waals surface area contributed by atoms with Gasteiger partial charge >= 0.3 is 12.0 Å². The van der Waals surface area contributed by atoms with Gasteiger partial charge in [-0.05, 0) is 7.05 Å². The molecule has 1 atom stereocenters. The molecule has 0 aromatic carbocycles. The van der Waals surface area contributed by atoms with Crippen LogP contribution in [0.3, 0.4) is 0 Å². The number of amides is 2. The van der Waals surface area contributed by atoms with E-state index in [-0.39, 0.29) is 12.6 Å². The first-order valence-corrected chi connectivity index (χ1v) is 6.14. The number of carboxylic acids is 1. The van der Waals surface area contributed by atoms with E-state index >= 15 is 0 Å². The first kappa shape index (κ1) is 13.1. The number of urea groups is 1. The van der Waals surface area contributed by atoms with E-state index in [2.05, 4.69) is 4.90 Å². The Bertz CT molecular complexity index is 328. The van der Waals surface area contributed by atoms with Gasteiger partial charge in [0.2, 0.25) is 0 Å². The van der Waals surface area contributed by atoms with Crippen LogP contribution >= 0.6 is 0 Å². The highest BCUT2D eigenvalue weighted by Gasteiger charge is 2.35. The first-order chi connectivity index (χ1) is 8.59. The fourth-order valence-corrected chi connectivity index (χ4v) is 2.22. The lowest BCUT2D eigenvalue weighted by atomic mass is 10.2. The summed E-state index contributed by atoms with van der Waals surface area (Å²) in [5, 5.41) is 9.10. The molecule has 7 heteroatoms. The Labute approximate surface area is 106 Å². The third-order valence-electron chi connectivity index (χ3n) is 3.43. The molecule has 2 aliphatic rings. The van der Waals surface area contributed by atoms with Crippen LogP contribution in [0.25, 0.3) is 0 Å². The van der Waals surface area contributed by atoms with Crippen molar-refractivity contribution in [2.45, 2.75) is 6.04 Å². The SMILES string of the molecule is CN1CCN(C(=O)N2CCOCC2C(=O)O)CC1. The Morgan fingerprint density at radius 3 is 2.44 bits per heavy atom. The molecule has 1 N–H and O–H groups in total. The average Bonchev–Trinajstić information content (AvgIpc) is 2.39. The zero-order chi connectivity index (χ0) is 13.1. The normalized spacial score (nSPS) is 26.2. The molecule has 2 rings (SSSR count). The lowest BCUT2D eigenvalue weighted by Crippen LogP contribution is -2.59. The number of carbonyl (C=O) groups is 2. The van der Waals surface area contributed by atoms with E-state index in [1.165, 1.54) is 4.90 Å². The number of carboxylic acid groups (broad SMARTS) is 1. The maximum absolute atomic E-state index is 12.3. The van der Waals surface area contributed by atoms with E-state index in [0.29, 0.717) is 26.2 Å². The van der Waals surface area contributed by atoms with Crippen LogP contribution in [0.2, 0.25) is 0 Å². The number of carbonyl (C=O) groups excluding carboxylic acids is 1. The summed E-state index contributed by atoms with van der Waals surface area (Å²) in [5.74, 6) is -1.00. The zero-order valence-corrected chi connectivity index (χ0v) is 10.5. The Morgan fingerprint density at radius 1 is 1.17 bits per heavy atom. The summed E-state index contributed by atoms with van der Waals surface area (Å²) in [6.07, 6.45) is 0. The number of aliphatic carboxylic acids is 1.